The Kier molecular flexibility index (Phi) is 6.48. The van der Waals surface area contributed by atoms with Gasteiger partial charge in [-0.15, -0.1) is 0 Å². The van der Waals surface area contributed by atoms with E-state index in [-0.39, 0.29) is 12.4 Å². The van der Waals surface area contributed by atoms with Gasteiger partial charge in [0, 0.05) is 27.8 Å². The molecule has 6 heteroatoms. The Morgan fingerprint density at radius 2 is 1.70 bits per heavy atom. The number of nitrogens with one attached hydrogen (secondary N) is 1. The lowest BCUT2D eigenvalue weighted by molar-refractivity contribution is 0.303. The fourth-order valence-corrected chi connectivity index (χ4v) is 3.40. The van der Waals surface area contributed by atoms with E-state index in [4.69, 9.17) is 39.5 Å². The summed E-state index contributed by atoms with van der Waals surface area (Å²) in [7, 11) is 0. The van der Waals surface area contributed by atoms with Gasteiger partial charge in [-0.2, -0.15) is 0 Å². The Morgan fingerprint density at radius 3 is 2.44 bits per heavy atom. The zero-order valence-electron chi connectivity index (χ0n) is 14.5. The predicted molar refractivity (Wildman–Crippen MR) is 111 cm³/mol. The van der Waals surface area contributed by atoms with Gasteiger partial charge in [0.25, 0.3) is 0 Å². The molecule has 0 atom stereocenters. The Morgan fingerprint density at radius 1 is 0.963 bits per heavy atom. The standard InChI is InChI=1S/C21H17Cl3FNO/c1-13-18(23)3-2-4-20(13)26-11-15-9-16(22)10-19(24)21(15)27-12-14-5-7-17(25)8-6-14/h2-10,26H,11-12H2,1H3. The average Bonchev–Trinajstić information content (AvgIpc) is 2.63. The highest BCUT2D eigenvalue weighted by Crippen LogP contribution is 2.34. The lowest BCUT2D eigenvalue weighted by atomic mass is 10.1. The van der Waals surface area contributed by atoms with Gasteiger partial charge in [0.05, 0.1) is 5.02 Å². The Bertz CT molecular complexity index is 945. The van der Waals surface area contributed by atoms with Crippen molar-refractivity contribution in [2.45, 2.75) is 20.1 Å². The Labute approximate surface area is 172 Å². The zero-order chi connectivity index (χ0) is 19.4. The minimum atomic E-state index is -0.287. The van der Waals surface area contributed by atoms with Gasteiger partial charge >= 0.3 is 0 Å². The van der Waals surface area contributed by atoms with E-state index in [0.717, 1.165) is 22.4 Å². The third-order valence-electron chi connectivity index (χ3n) is 4.12. The first kappa shape index (κ1) is 19.8. The molecule has 0 saturated heterocycles. The summed E-state index contributed by atoms with van der Waals surface area (Å²) in [4.78, 5) is 0. The molecular weight excluding hydrogens is 408 g/mol. The molecule has 0 amide bonds. The molecule has 1 N–H and O–H groups in total. The monoisotopic (exact) mass is 423 g/mol. The molecule has 3 aromatic carbocycles. The SMILES string of the molecule is Cc1c(Cl)cccc1NCc1cc(Cl)cc(Cl)c1OCc1ccc(F)cc1. The molecule has 27 heavy (non-hydrogen) atoms. The van der Waals surface area contributed by atoms with Gasteiger partial charge in [-0.1, -0.05) is 53.0 Å². The largest absolute Gasteiger partial charge is 0.487 e. The zero-order valence-corrected chi connectivity index (χ0v) is 16.8. The van der Waals surface area contributed by atoms with Crippen molar-refractivity contribution in [2.75, 3.05) is 5.32 Å². The summed E-state index contributed by atoms with van der Waals surface area (Å²) in [6, 6.07) is 15.3. The molecular formula is C21H17Cl3FNO. The van der Waals surface area contributed by atoms with E-state index >= 15 is 0 Å². The number of rotatable bonds is 6. The van der Waals surface area contributed by atoms with Gasteiger partial charge in [-0.3, -0.25) is 0 Å². The maximum Gasteiger partial charge on any atom is 0.143 e. The van der Waals surface area contributed by atoms with Crippen molar-refractivity contribution in [3.05, 3.63) is 92.2 Å². The van der Waals surface area contributed by atoms with Crippen LogP contribution >= 0.6 is 34.8 Å². The summed E-state index contributed by atoms with van der Waals surface area (Å²) in [6.07, 6.45) is 0. The number of anilines is 1. The van der Waals surface area contributed by atoms with E-state index in [1.165, 1.54) is 12.1 Å². The molecule has 0 fully saturated rings. The van der Waals surface area contributed by atoms with Crippen LogP contribution in [0.5, 0.6) is 5.75 Å². The molecule has 0 saturated carbocycles. The second kappa shape index (κ2) is 8.83. The Hall–Kier alpha value is -1.94. The molecule has 0 aliphatic heterocycles. The van der Waals surface area contributed by atoms with Crippen molar-refractivity contribution in [1.29, 1.82) is 0 Å². The van der Waals surface area contributed by atoms with E-state index < -0.39 is 0 Å². The first-order chi connectivity index (χ1) is 12.9. The number of ether oxygens (including phenoxy) is 1. The van der Waals surface area contributed by atoms with Crippen LogP contribution in [0, 0.1) is 12.7 Å². The molecule has 3 aromatic rings. The summed E-state index contributed by atoms with van der Waals surface area (Å²) in [6.45, 7) is 2.67. The van der Waals surface area contributed by atoms with E-state index in [1.807, 2.05) is 25.1 Å². The van der Waals surface area contributed by atoms with Gasteiger partial charge in [0.15, 0.2) is 0 Å². The van der Waals surface area contributed by atoms with Crippen molar-refractivity contribution in [2.24, 2.45) is 0 Å². The fourth-order valence-electron chi connectivity index (χ4n) is 2.63. The predicted octanol–water partition coefficient (Wildman–Crippen LogP) is 7.29. The quantitative estimate of drug-likeness (QED) is 0.449. The highest BCUT2D eigenvalue weighted by atomic mass is 35.5. The second-order valence-corrected chi connectivity index (χ2v) is 7.31. The first-order valence-electron chi connectivity index (χ1n) is 8.28. The van der Waals surface area contributed by atoms with Gasteiger partial charge in [0.2, 0.25) is 0 Å². The number of hydrogen-bond acceptors (Lipinski definition) is 2. The van der Waals surface area contributed by atoms with Crippen LogP contribution in [0.1, 0.15) is 16.7 Å². The number of hydrogen-bond donors (Lipinski definition) is 1. The molecule has 0 bridgehead atoms. The maximum atomic E-state index is 13.1. The van der Waals surface area contributed by atoms with Gasteiger partial charge in [0.1, 0.15) is 18.2 Å². The molecule has 0 spiro atoms. The third-order valence-corrected chi connectivity index (χ3v) is 5.03. The first-order valence-corrected chi connectivity index (χ1v) is 9.41. The van der Waals surface area contributed by atoms with Crippen LogP contribution in [0.3, 0.4) is 0 Å². The summed E-state index contributed by atoms with van der Waals surface area (Å²) >= 11 is 18.7. The van der Waals surface area contributed by atoms with Crippen molar-refractivity contribution < 1.29 is 9.13 Å². The highest BCUT2D eigenvalue weighted by Gasteiger charge is 2.12. The van der Waals surface area contributed by atoms with Crippen molar-refractivity contribution >= 4 is 40.5 Å². The van der Waals surface area contributed by atoms with Crippen LogP contribution in [-0.4, -0.2) is 0 Å². The van der Waals surface area contributed by atoms with Crippen LogP contribution in [0.25, 0.3) is 0 Å². The van der Waals surface area contributed by atoms with Crippen LogP contribution in [0.15, 0.2) is 54.6 Å². The van der Waals surface area contributed by atoms with E-state index in [1.54, 1.807) is 24.3 Å². The topological polar surface area (TPSA) is 21.3 Å². The summed E-state index contributed by atoms with van der Waals surface area (Å²) in [5.74, 6) is 0.252. The minimum Gasteiger partial charge on any atom is -0.487 e. The van der Waals surface area contributed by atoms with Crippen LogP contribution in [0.2, 0.25) is 15.1 Å². The Balaban J connectivity index is 1.79. The molecule has 0 heterocycles. The minimum absolute atomic E-state index is 0.269. The summed E-state index contributed by atoms with van der Waals surface area (Å²) in [5, 5.41) is 4.97. The van der Waals surface area contributed by atoms with Crippen LogP contribution in [0.4, 0.5) is 10.1 Å². The van der Waals surface area contributed by atoms with Crippen LogP contribution < -0.4 is 10.1 Å². The summed E-state index contributed by atoms with van der Waals surface area (Å²) in [5.41, 5.74) is 3.53. The lowest BCUT2D eigenvalue weighted by Gasteiger charge is -2.16. The van der Waals surface area contributed by atoms with Gasteiger partial charge in [-0.25, -0.2) is 4.39 Å². The molecule has 3 rings (SSSR count). The number of benzene rings is 3. The molecule has 0 radical (unpaired) electrons. The second-order valence-electron chi connectivity index (χ2n) is 6.06. The lowest BCUT2D eigenvalue weighted by Crippen LogP contribution is -2.05. The third kappa shape index (κ3) is 5.07. The van der Waals surface area contributed by atoms with Crippen molar-refractivity contribution in [3.63, 3.8) is 0 Å². The fraction of sp³-hybridized carbons (Fsp3) is 0.143. The van der Waals surface area contributed by atoms with Gasteiger partial charge < -0.3 is 10.1 Å². The normalized spacial score (nSPS) is 10.7. The molecule has 0 aliphatic carbocycles. The van der Waals surface area contributed by atoms with E-state index in [9.17, 15) is 4.39 Å². The molecule has 0 unspecified atom stereocenters. The van der Waals surface area contributed by atoms with E-state index in [2.05, 4.69) is 5.32 Å². The highest BCUT2D eigenvalue weighted by molar-refractivity contribution is 6.35. The van der Waals surface area contributed by atoms with E-state index in [0.29, 0.717) is 27.4 Å². The van der Waals surface area contributed by atoms with Crippen molar-refractivity contribution in [1.82, 2.24) is 0 Å². The molecule has 2 nitrogen and oxygen atoms in total. The molecule has 140 valence electrons. The molecule has 0 aromatic heterocycles. The summed E-state index contributed by atoms with van der Waals surface area (Å²) < 4.78 is 19.0. The number of halogens is 4. The molecule has 0 aliphatic rings. The van der Waals surface area contributed by atoms with Crippen LogP contribution in [-0.2, 0) is 13.2 Å². The van der Waals surface area contributed by atoms with Gasteiger partial charge in [-0.05, 0) is 54.4 Å². The smallest absolute Gasteiger partial charge is 0.143 e. The maximum absolute atomic E-state index is 13.1. The van der Waals surface area contributed by atoms with Crippen molar-refractivity contribution in [3.8, 4) is 5.75 Å². The average molecular weight is 425 g/mol.